The van der Waals surface area contributed by atoms with E-state index in [4.69, 9.17) is 4.74 Å². The van der Waals surface area contributed by atoms with Gasteiger partial charge < -0.3 is 4.74 Å². The molecular formula is C33H54N2O. The highest BCUT2D eigenvalue weighted by molar-refractivity contribution is 5.55. The molecule has 0 aliphatic heterocycles. The van der Waals surface area contributed by atoms with Crippen LogP contribution in [-0.4, -0.2) is 16.6 Å². The van der Waals surface area contributed by atoms with E-state index >= 15 is 0 Å². The molecule has 0 aliphatic carbocycles. The first-order chi connectivity index (χ1) is 17.8. The minimum Gasteiger partial charge on any atom is -0.490 e. The number of hydrogen-bond donors (Lipinski definition) is 0. The van der Waals surface area contributed by atoms with Crippen molar-refractivity contribution in [3.8, 4) is 17.1 Å². The molecule has 0 aliphatic rings. The molecule has 0 fully saturated rings. The Hall–Kier alpha value is -1.90. The summed E-state index contributed by atoms with van der Waals surface area (Å²) in [5.41, 5.74) is 2.49. The first-order valence-corrected chi connectivity index (χ1v) is 15.4. The molecule has 0 amide bonds. The van der Waals surface area contributed by atoms with E-state index in [2.05, 4.69) is 48.1 Å². The molecule has 0 saturated heterocycles. The normalized spacial score (nSPS) is 11.2. The molecule has 1 aromatic carbocycles. The molecular weight excluding hydrogens is 440 g/mol. The van der Waals surface area contributed by atoms with E-state index in [1.807, 2.05) is 12.4 Å². The van der Waals surface area contributed by atoms with Gasteiger partial charge >= 0.3 is 0 Å². The molecule has 2 rings (SSSR count). The van der Waals surface area contributed by atoms with Crippen LogP contribution in [0, 0.1) is 0 Å². The lowest BCUT2D eigenvalue weighted by atomic mass is 10.0. The fourth-order valence-electron chi connectivity index (χ4n) is 4.78. The Bertz CT molecular complexity index is 676. The van der Waals surface area contributed by atoms with Gasteiger partial charge in [-0.1, -0.05) is 147 Å². The summed E-state index contributed by atoms with van der Waals surface area (Å²) in [5, 5.41) is 0. The fourth-order valence-corrected chi connectivity index (χ4v) is 4.78. The van der Waals surface area contributed by atoms with Gasteiger partial charge in [0.15, 0.2) is 11.6 Å². The lowest BCUT2D eigenvalue weighted by Gasteiger charge is -2.07. The van der Waals surface area contributed by atoms with Gasteiger partial charge in [-0.15, -0.1) is 0 Å². The predicted octanol–water partition coefficient (Wildman–Crippen LogP) is 10.5. The maximum atomic E-state index is 5.85. The van der Waals surface area contributed by atoms with Crippen molar-refractivity contribution in [1.29, 1.82) is 0 Å². The van der Waals surface area contributed by atoms with Crippen molar-refractivity contribution in [2.24, 2.45) is 0 Å². The molecule has 2 aromatic rings. The summed E-state index contributed by atoms with van der Waals surface area (Å²) in [7, 11) is 0. The second kappa shape index (κ2) is 21.2. The van der Waals surface area contributed by atoms with Crippen LogP contribution >= 0.6 is 0 Å². The minimum absolute atomic E-state index is 0.756. The lowest BCUT2D eigenvalue weighted by Crippen LogP contribution is -1.99. The second-order valence-corrected chi connectivity index (χ2v) is 10.5. The smallest absolute Gasteiger partial charge is 0.159 e. The monoisotopic (exact) mass is 494 g/mol. The highest BCUT2D eigenvalue weighted by Gasteiger charge is 2.03. The largest absolute Gasteiger partial charge is 0.490 e. The van der Waals surface area contributed by atoms with E-state index in [-0.39, 0.29) is 0 Å². The Morgan fingerprint density at radius 2 is 0.972 bits per heavy atom. The van der Waals surface area contributed by atoms with Gasteiger partial charge in [0.2, 0.25) is 0 Å². The van der Waals surface area contributed by atoms with Gasteiger partial charge in [0.25, 0.3) is 0 Å². The van der Waals surface area contributed by atoms with Gasteiger partial charge in [0, 0.05) is 5.56 Å². The molecule has 0 atom stereocenters. The summed E-state index contributed by atoms with van der Waals surface area (Å²) in [5.74, 6) is 1.55. The van der Waals surface area contributed by atoms with Gasteiger partial charge in [-0.05, 0) is 24.8 Å². The lowest BCUT2D eigenvalue weighted by molar-refractivity contribution is 0.302. The fraction of sp³-hybridized carbons (Fsp3) is 0.697. The number of aromatic nitrogens is 2. The third-order valence-electron chi connectivity index (χ3n) is 7.18. The number of unbranched alkanes of at least 4 members (excludes halogenated alkanes) is 17. The summed E-state index contributed by atoms with van der Waals surface area (Å²) in [4.78, 5) is 9.07. The van der Waals surface area contributed by atoms with Gasteiger partial charge in [0.05, 0.1) is 19.0 Å². The quantitative estimate of drug-likeness (QED) is 0.144. The molecule has 0 saturated carbocycles. The van der Waals surface area contributed by atoms with Crippen LogP contribution in [-0.2, 0) is 6.42 Å². The summed E-state index contributed by atoms with van der Waals surface area (Å²) in [6.45, 7) is 5.32. The van der Waals surface area contributed by atoms with Crippen molar-refractivity contribution in [3.05, 3.63) is 42.2 Å². The summed E-state index contributed by atoms with van der Waals surface area (Å²) in [6.07, 6.45) is 30.6. The van der Waals surface area contributed by atoms with Crippen molar-refractivity contribution in [2.45, 2.75) is 142 Å². The zero-order valence-electron chi connectivity index (χ0n) is 23.6. The van der Waals surface area contributed by atoms with Crippen LogP contribution in [0.1, 0.15) is 141 Å². The molecule has 3 nitrogen and oxygen atoms in total. The number of aryl methyl sites for hydroxylation is 1. The van der Waals surface area contributed by atoms with Crippen LogP contribution in [0.5, 0.6) is 5.75 Å². The molecule has 1 aromatic heterocycles. The van der Waals surface area contributed by atoms with E-state index in [0.717, 1.165) is 30.2 Å². The van der Waals surface area contributed by atoms with Crippen LogP contribution in [0.15, 0.2) is 36.7 Å². The maximum absolute atomic E-state index is 5.85. The Labute approximate surface area is 222 Å². The van der Waals surface area contributed by atoms with Gasteiger partial charge in [0.1, 0.15) is 0 Å². The average molecular weight is 495 g/mol. The Morgan fingerprint density at radius 3 is 1.47 bits per heavy atom. The van der Waals surface area contributed by atoms with Crippen LogP contribution in [0.3, 0.4) is 0 Å². The molecule has 202 valence electrons. The summed E-state index contributed by atoms with van der Waals surface area (Å²) < 4.78 is 5.85. The Balaban J connectivity index is 1.53. The topological polar surface area (TPSA) is 35.0 Å². The van der Waals surface area contributed by atoms with E-state index in [9.17, 15) is 0 Å². The van der Waals surface area contributed by atoms with Crippen molar-refractivity contribution in [1.82, 2.24) is 9.97 Å². The molecule has 0 spiro atoms. The number of nitrogens with zero attached hydrogens (tertiary/aromatic N) is 2. The van der Waals surface area contributed by atoms with Crippen LogP contribution < -0.4 is 4.74 Å². The van der Waals surface area contributed by atoms with E-state index in [1.165, 1.54) is 128 Å². The average Bonchev–Trinajstić information content (AvgIpc) is 2.91. The highest BCUT2D eigenvalue weighted by atomic mass is 16.5. The zero-order valence-corrected chi connectivity index (χ0v) is 23.6. The molecule has 0 radical (unpaired) electrons. The van der Waals surface area contributed by atoms with Gasteiger partial charge in [-0.3, -0.25) is 0 Å². The number of hydrogen-bond acceptors (Lipinski definition) is 3. The van der Waals surface area contributed by atoms with Crippen LogP contribution in [0.4, 0.5) is 0 Å². The zero-order chi connectivity index (χ0) is 25.5. The van der Waals surface area contributed by atoms with Crippen molar-refractivity contribution in [2.75, 3.05) is 6.61 Å². The van der Waals surface area contributed by atoms with Crippen LogP contribution in [0.2, 0.25) is 0 Å². The molecule has 36 heavy (non-hydrogen) atoms. The molecule has 0 N–H and O–H groups in total. The first kappa shape index (κ1) is 30.3. The molecule has 1 heterocycles. The van der Waals surface area contributed by atoms with E-state index < -0.39 is 0 Å². The van der Waals surface area contributed by atoms with Gasteiger partial charge in [-0.2, -0.15) is 0 Å². The third-order valence-corrected chi connectivity index (χ3v) is 7.18. The number of benzene rings is 1. The van der Waals surface area contributed by atoms with Gasteiger partial charge in [-0.25, -0.2) is 9.97 Å². The standard InChI is InChI=1S/C33H54N2O/c1-3-5-7-9-11-13-14-16-18-20-22-30-23-25-31(26-24-30)33-34-28-32(29-35-33)36-27-21-19-17-15-12-10-8-6-4-2/h23-26,28-29H,3-22,27H2,1-2H3. The maximum Gasteiger partial charge on any atom is 0.159 e. The van der Waals surface area contributed by atoms with Crippen molar-refractivity contribution < 1.29 is 4.74 Å². The van der Waals surface area contributed by atoms with Crippen molar-refractivity contribution in [3.63, 3.8) is 0 Å². The predicted molar refractivity (Wildman–Crippen MR) is 156 cm³/mol. The molecule has 0 bridgehead atoms. The molecule has 0 unspecified atom stereocenters. The summed E-state index contributed by atoms with van der Waals surface area (Å²) >= 11 is 0. The van der Waals surface area contributed by atoms with E-state index in [0.29, 0.717) is 0 Å². The van der Waals surface area contributed by atoms with E-state index in [1.54, 1.807) is 0 Å². The number of ether oxygens (including phenoxy) is 1. The SMILES string of the molecule is CCCCCCCCCCCCc1ccc(-c2ncc(OCCCCCCCCCCC)cn2)cc1. The minimum atomic E-state index is 0.756. The van der Waals surface area contributed by atoms with Crippen molar-refractivity contribution >= 4 is 0 Å². The number of rotatable bonds is 23. The van der Waals surface area contributed by atoms with Crippen LogP contribution in [0.25, 0.3) is 11.4 Å². The Kier molecular flexibility index (Phi) is 17.9. The highest BCUT2D eigenvalue weighted by Crippen LogP contribution is 2.19. The summed E-state index contributed by atoms with van der Waals surface area (Å²) in [6, 6.07) is 8.79. The third kappa shape index (κ3) is 14.6. The Morgan fingerprint density at radius 1 is 0.528 bits per heavy atom. The second-order valence-electron chi connectivity index (χ2n) is 10.5. The first-order valence-electron chi connectivity index (χ1n) is 15.4. The molecule has 3 heteroatoms.